The maximum atomic E-state index is 12.4. The lowest BCUT2D eigenvalue weighted by atomic mass is 9.89. The number of carbonyl (C=O) groups is 1. The predicted octanol–water partition coefficient (Wildman–Crippen LogP) is 0.154. The van der Waals surface area contributed by atoms with Gasteiger partial charge >= 0.3 is 5.97 Å². The highest BCUT2D eigenvalue weighted by atomic mass is 127. The van der Waals surface area contributed by atoms with Crippen molar-refractivity contribution in [3.63, 3.8) is 0 Å². The maximum Gasteiger partial charge on any atom is 0.348 e. The van der Waals surface area contributed by atoms with Crippen LogP contribution in [0.1, 0.15) is 45.4 Å². The van der Waals surface area contributed by atoms with Crippen LogP contribution in [0.3, 0.4) is 0 Å². The molecule has 0 bridgehead atoms. The highest BCUT2D eigenvalue weighted by Gasteiger charge is 2.26. The van der Waals surface area contributed by atoms with Gasteiger partial charge in [0, 0.05) is 6.42 Å². The maximum absolute atomic E-state index is 12.4. The van der Waals surface area contributed by atoms with E-state index in [-0.39, 0.29) is 36.0 Å². The van der Waals surface area contributed by atoms with Gasteiger partial charge in [0.15, 0.2) is 17.6 Å². The SMILES string of the molecule is CCc1n(CC(=O)OC2CCC(C)CC2)c2ccccc2[n+]1C.[I-]. The first-order valence-corrected chi connectivity index (χ1v) is 8.75. The molecule has 0 radical (unpaired) electrons. The smallest absolute Gasteiger partial charge is 0.348 e. The fourth-order valence-electron chi connectivity index (χ4n) is 3.74. The predicted molar refractivity (Wildman–Crippen MR) is 90.0 cm³/mol. The molecule has 5 heteroatoms. The Labute approximate surface area is 161 Å². The number of aryl methyl sites for hydroxylation is 1. The summed E-state index contributed by atoms with van der Waals surface area (Å²) in [5.74, 6) is 1.81. The van der Waals surface area contributed by atoms with Crippen molar-refractivity contribution < 1.29 is 38.1 Å². The zero-order chi connectivity index (χ0) is 16.4. The number of hydrogen-bond donors (Lipinski definition) is 0. The Morgan fingerprint density at radius 2 is 1.92 bits per heavy atom. The Morgan fingerprint density at radius 1 is 1.25 bits per heavy atom. The van der Waals surface area contributed by atoms with Gasteiger partial charge in [-0.15, -0.1) is 0 Å². The Bertz CT molecular complexity index is 703. The van der Waals surface area contributed by atoms with Gasteiger partial charge in [0.05, 0.1) is 7.05 Å². The molecule has 1 saturated carbocycles. The minimum Gasteiger partial charge on any atom is -1.00 e. The lowest BCUT2D eigenvalue weighted by Crippen LogP contribution is -3.00. The molecule has 1 aliphatic carbocycles. The standard InChI is InChI=1S/C19H27N2O2.HI/c1-4-18-20(3)16-7-5-6-8-17(16)21(18)13-19(22)23-15-11-9-14(2)10-12-15;/h5-8,14-15H,4,9-13H2,1-3H3;1H/q+1;/p-1. The molecular weight excluding hydrogens is 415 g/mol. The highest BCUT2D eigenvalue weighted by molar-refractivity contribution is 5.76. The van der Waals surface area contributed by atoms with E-state index < -0.39 is 0 Å². The van der Waals surface area contributed by atoms with Crippen LogP contribution in [0.2, 0.25) is 0 Å². The van der Waals surface area contributed by atoms with Crippen LogP contribution in [-0.2, 0) is 29.5 Å². The van der Waals surface area contributed by atoms with Crippen LogP contribution < -0.4 is 28.5 Å². The van der Waals surface area contributed by atoms with E-state index in [0.717, 1.165) is 42.0 Å². The lowest BCUT2D eigenvalue weighted by molar-refractivity contribution is -0.653. The fourth-order valence-corrected chi connectivity index (χ4v) is 3.74. The molecule has 0 atom stereocenters. The first-order chi connectivity index (χ1) is 11.1. The van der Waals surface area contributed by atoms with Crippen molar-refractivity contribution in [2.75, 3.05) is 0 Å². The Kier molecular flexibility index (Phi) is 6.66. The van der Waals surface area contributed by atoms with E-state index in [9.17, 15) is 4.79 Å². The number of carbonyl (C=O) groups excluding carboxylic acids is 1. The monoisotopic (exact) mass is 442 g/mol. The average Bonchev–Trinajstić information content (AvgIpc) is 2.82. The number of aromatic nitrogens is 2. The second kappa shape index (κ2) is 8.32. The molecule has 24 heavy (non-hydrogen) atoms. The van der Waals surface area contributed by atoms with Crippen LogP contribution in [0, 0.1) is 5.92 Å². The van der Waals surface area contributed by atoms with Gasteiger partial charge in [0.25, 0.3) is 5.82 Å². The number of para-hydroxylation sites is 2. The number of fused-ring (bicyclic) bond motifs is 1. The van der Waals surface area contributed by atoms with Gasteiger partial charge < -0.3 is 28.7 Å². The molecular formula is C19H27IN2O2. The largest absolute Gasteiger partial charge is 1.00 e. The van der Waals surface area contributed by atoms with Gasteiger partial charge in [-0.3, -0.25) is 0 Å². The van der Waals surface area contributed by atoms with Crippen LogP contribution in [-0.4, -0.2) is 16.6 Å². The number of ether oxygens (including phenoxy) is 1. The van der Waals surface area contributed by atoms with Crippen LogP contribution in [0.15, 0.2) is 24.3 Å². The number of halogens is 1. The minimum absolute atomic E-state index is 0. The van der Waals surface area contributed by atoms with Crippen molar-refractivity contribution >= 4 is 17.0 Å². The summed E-state index contributed by atoms with van der Waals surface area (Å²) in [6, 6.07) is 8.22. The number of rotatable bonds is 4. The van der Waals surface area contributed by atoms with Gasteiger partial charge in [0.1, 0.15) is 6.10 Å². The van der Waals surface area contributed by atoms with Crippen LogP contribution in [0.4, 0.5) is 0 Å². The molecule has 1 fully saturated rings. The lowest BCUT2D eigenvalue weighted by Gasteiger charge is -2.25. The molecule has 0 saturated heterocycles. The molecule has 1 aromatic heterocycles. The van der Waals surface area contributed by atoms with E-state index in [1.54, 1.807) is 0 Å². The van der Waals surface area contributed by atoms with Gasteiger partial charge in [0.2, 0.25) is 0 Å². The normalized spacial score (nSPS) is 20.6. The van der Waals surface area contributed by atoms with E-state index in [1.807, 2.05) is 12.1 Å². The van der Waals surface area contributed by atoms with Crippen molar-refractivity contribution in [1.29, 1.82) is 0 Å². The molecule has 4 nitrogen and oxygen atoms in total. The second-order valence-corrected chi connectivity index (χ2v) is 6.78. The summed E-state index contributed by atoms with van der Waals surface area (Å²) < 4.78 is 10.0. The molecule has 1 aliphatic rings. The van der Waals surface area contributed by atoms with Gasteiger partial charge in [-0.2, -0.15) is 0 Å². The van der Waals surface area contributed by atoms with Crippen molar-refractivity contribution in [3.8, 4) is 0 Å². The van der Waals surface area contributed by atoms with E-state index in [0.29, 0.717) is 6.54 Å². The summed E-state index contributed by atoms with van der Waals surface area (Å²) >= 11 is 0. The molecule has 3 rings (SSSR count). The van der Waals surface area contributed by atoms with Gasteiger partial charge in [-0.05, 0) is 43.7 Å². The second-order valence-electron chi connectivity index (χ2n) is 6.78. The molecule has 0 spiro atoms. The number of hydrogen-bond acceptors (Lipinski definition) is 2. The first-order valence-electron chi connectivity index (χ1n) is 8.75. The molecule has 1 heterocycles. The van der Waals surface area contributed by atoms with Crippen LogP contribution >= 0.6 is 0 Å². The summed E-state index contributed by atoms with van der Waals surface area (Å²) in [5.41, 5.74) is 2.25. The third-order valence-corrected chi connectivity index (χ3v) is 5.10. The highest BCUT2D eigenvalue weighted by Crippen LogP contribution is 2.26. The Morgan fingerprint density at radius 3 is 2.58 bits per heavy atom. The summed E-state index contributed by atoms with van der Waals surface area (Å²) in [6.45, 7) is 4.70. The van der Waals surface area contributed by atoms with Crippen molar-refractivity contribution in [1.82, 2.24) is 4.57 Å². The van der Waals surface area contributed by atoms with Crippen molar-refractivity contribution in [2.24, 2.45) is 13.0 Å². The number of nitrogens with zero attached hydrogens (tertiary/aromatic N) is 2. The fraction of sp³-hybridized carbons (Fsp3) is 0.579. The molecule has 2 aromatic rings. The summed E-state index contributed by atoms with van der Waals surface area (Å²) in [4.78, 5) is 12.4. The third kappa shape index (κ3) is 3.92. The number of esters is 1. The Balaban J connectivity index is 0.00000208. The third-order valence-electron chi connectivity index (χ3n) is 5.10. The molecule has 0 aliphatic heterocycles. The van der Waals surface area contributed by atoms with E-state index in [4.69, 9.17) is 4.74 Å². The molecule has 0 amide bonds. The number of imidazole rings is 1. The molecule has 0 N–H and O–H groups in total. The quantitative estimate of drug-likeness (QED) is 0.384. The summed E-state index contributed by atoms with van der Waals surface area (Å²) in [6.07, 6.45) is 5.35. The number of benzene rings is 1. The van der Waals surface area contributed by atoms with E-state index in [1.165, 1.54) is 12.8 Å². The molecule has 132 valence electrons. The molecule has 1 aromatic carbocycles. The van der Waals surface area contributed by atoms with E-state index >= 15 is 0 Å². The van der Waals surface area contributed by atoms with Crippen LogP contribution in [0.25, 0.3) is 11.0 Å². The molecule has 0 unspecified atom stereocenters. The van der Waals surface area contributed by atoms with Gasteiger partial charge in [-0.1, -0.05) is 26.0 Å². The minimum atomic E-state index is -0.111. The van der Waals surface area contributed by atoms with Gasteiger partial charge in [-0.25, -0.2) is 13.9 Å². The average molecular weight is 442 g/mol. The Hall–Kier alpha value is -1.11. The zero-order valence-electron chi connectivity index (χ0n) is 14.8. The topological polar surface area (TPSA) is 35.1 Å². The van der Waals surface area contributed by atoms with E-state index in [2.05, 4.69) is 42.2 Å². The van der Waals surface area contributed by atoms with Crippen LogP contribution in [0.5, 0.6) is 0 Å². The van der Waals surface area contributed by atoms with Crippen molar-refractivity contribution in [2.45, 2.75) is 58.6 Å². The first kappa shape index (κ1) is 19.2. The zero-order valence-corrected chi connectivity index (χ0v) is 17.0. The van der Waals surface area contributed by atoms with Crippen molar-refractivity contribution in [3.05, 3.63) is 30.1 Å². The summed E-state index contributed by atoms with van der Waals surface area (Å²) in [7, 11) is 2.06. The summed E-state index contributed by atoms with van der Waals surface area (Å²) in [5, 5.41) is 0.